The van der Waals surface area contributed by atoms with Crippen LogP contribution in [0, 0.1) is 5.92 Å². The quantitative estimate of drug-likeness (QED) is 0.291. The van der Waals surface area contributed by atoms with E-state index in [2.05, 4.69) is 35.0 Å². The predicted molar refractivity (Wildman–Crippen MR) is 121 cm³/mol. The van der Waals surface area contributed by atoms with Crippen LogP contribution in [0.4, 0.5) is 11.4 Å². The Kier molecular flexibility index (Phi) is 7.63. The number of methoxy groups -OCH3 is 1. The Hall–Kier alpha value is -2.67. The molecule has 1 aromatic carbocycles. The maximum Gasteiger partial charge on any atom is 0.274 e. The monoisotopic (exact) mass is 414 g/mol. The number of unbranched alkanes of at least 4 members (excludes halogenated alkanes) is 1. The third-order valence-electron chi connectivity index (χ3n) is 5.21. The molecule has 0 unspecified atom stereocenters. The molecule has 1 aliphatic rings. The second-order valence-electron chi connectivity index (χ2n) is 8.57. The highest BCUT2D eigenvalue weighted by Gasteiger charge is 2.22. The van der Waals surface area contributed by atoms with Gasteiger partial charge >= 0.3 is 0 Å². The van der Waals surface area contributed by atoms with Crippen molar-refractivity contribution in [2.24, 2.45) is 5.92 Å². The number of nitrogens with one attached hydrogen (secondary N) is 4. The van der Waals surface area contributed by atoms with Crippen molar-refractivity contribution < 1.29 is 9.47 Å². The first-order valence-electron chi connectivity index (χ1n) is 10.7. The van der Waals surface area contributed by atoms with Gasteiger partial charge in [0.25, 0.3) is 5.56 Å². The van der Waals surface area contributed by atoms with Crippen LogP contribution >= 0.6 is 0 Å². The SMILES string of the molecule is COc1ccc(NCCCCC(C)(C)NNc2cccc(OCC3CC3)c2)c(=O)[nH]1. The minimum Gasteiger partial charge on any atom is -0.493 e. The predicted octanol–water partition coefficient (Wildman–Crippen LogP) is 4.15. The van der Waals surface area contributed by atoms with Crippen molar-refractivity contribution in [1.82, 2.24) is 10.4 Å². The number of H-pyrrole nitrogens is 1. The van der Waals surface area contributed by atoms with E-state index in [0.717, 1.165) is 49.8 Å². The van der Waals surface area contributed by atoms with Gasteiger partial charge in [0.05, 0.1) is 19.4 Å². The molecule has 0 atom stereocenters. The summed E-state index contributed by atoms with van der Waals surface area (Å²) in [5.41, 5.74) is 8.06. The zero-order valence-electron chi connectivity index (χ0n) is 18.2. The number of aromatic amines is 1. The maximum absolute atomic E-state index is 11.9. The average Bonchev–Trinajstić information content (AvgIpc) is 3.56. The fraction of sp³-hybridized carbons (Fsp3) is 0.522. The number of hydrazine groups is 1. The fourth-order valence-corrected chi connectivity index (χ4v) is 3.09. The second-order valence-corrected chi connectivity index (χ2v) is 8.57. The van der Waals surface area contributed by atoms with Crippen molar-refractivity contribution in [3.63, 3.8) is 0 Å². The van der Waals surface area contributed by atoms with Gasteiger partial charge < -0.3 is 20.2 Å². The van der Waals surface area contributed by atoms with Crippen molar-refractivity contribution in [2.45, 2.75) is 51.5 Å². The van der Waals surface area contributed by atoms with Crippen LogP contribution in [0.2, 0.25) is 0 Å². The summed E-state index contributed by atoms with van der Waals surface area (Å²) in [4.78, 5) is 14.6. The van der Waals surface area contributed by atoms with Gasteiger partial charge in [-0.2, -0.15) is 0 Å². The molecule has 7 heteroatoms. The molecule has 0 radical (unpaired) electrons. The van der Waals surface area contributed by atoms with Gasteiger partial charge in [-0.1, -0.05) is 6.07 Å². The van der Waals surface area contributed by atoms with E-state index in [4.69, 9.17) is 9.47 Å². The molecule has 0 saturated heterocycles. The summed E-state index contributed by atoms with van der Waals surface area (Å²) in [5.74, 6) is 2.12. The standard InChI is InChI=1S/C23H34N4O3/c1-23(2,13-4-5-14-24-20-11-12-21(29-3)25-22(20)28)27-26-18-7-6-8-19(15-18)30-16-17-9-10-17/h6-8,11-12,15,17,24,26-27H,4-5,9-10,13-14,16H2,1-3H3,(H,25,28). The Morgan fingerprint density at radius 1 is 1.17 bits per heavy atom. The summed E-state index contributed by atoms with van der Waals surface area (Å²) in [6, 6.07) is 11.6. The van der Waals surface area contributed by atoms with Gasteiger partial charge in [0, 0.05) is 24.2 Å². The van der Waals surface area contributed by atoms with E-state index in [0.29, 0.717) is 11.6 Å². The van der Waals surface area contributed by atoms with Crippen LogP contribution in [0.3, 0.4) is 0 Å². The smallest absolute Gasteiger partial charge is 0.274 e. The Labute approximate surface area is 178 Å². The van der Waals surface area contributed by atoms with Crippen molar-refractivity contribution in [3.05, 3.63) is 46.8 Å². The van der Waals surface area contributed by atoms with E-state index >= 15 is 0 Å². The molecule has 3 rings (SSSR count). The van der Waals surface area contributed by atoms with Crippen LogP contribution in [0.1, 0.15) is 46.0 Å². The van der Waals surface area contributed by atoms with E-state index in [-0.39, 0.29) is 11.1 Å². The first kappa shape index (κ1) is 22.0. The van der Waals surface area contributed by atoms with Gasteiger partial charge in [0.1, 0.15) is 11.4 Å². The summed E-state index contributed by atoms with van der Waals surface area (Å²) in [6.45, 7) is 5.92. The number of pyridine rings is 1. The summed E-state index contributed by atoms with van der Waals surface area (Å²) in [7, 11) is 1.53. The Bertz CT molecular complexity index is 862. The van der Waals surface area contributed by atoms with Crippen LogP contribution < -0.4 is 31.2 Å². The number of rotatable bonds is 13. The zero-order chi connectivity index (χ0) is 21.4. The molecule has 1 fully saturated rings. The molecule has 30 heavy (non-hydrogen) atoms. The normalized spacial score (nSPS) is 13.7. The lowest BCUT2D eigenvalue weighted by molar-refractivity contribution is 0.300. The van der Waals surface area contributed by atoms with E-state index in [1.54, 1.807) is 12.1 Å². The average molecular weight is 415 g/mol. The number of hydrogen-bond donors (Lipinski definition) is 4. The number of anilines is 2. The molecule has 0 bridgehead atoms. The number of benzene rings is 1. The van der Waals surface area contributed by atoms with Crippen LogP contribution in [0.25, 0.3) is 0 Å². The highest BCUT2D eigenvalue weighted by Crippen LogP contribution is 2.30. The third-order valence-corrected chi connectivity index (χ3v) is 5.21. The van der Waals surface area contributed by atoms with Crippen LogP contribution in [0.15, 0.2) is 41.2 Å². The minimum absolute atomic E-state index is 0.0670. The van der Waals surface area contributed by atoms with E-state index < -0.39 is 0 Å². The molecule has 0 aliphatic heterocycles. The van der Waals surface area contributed by atoms with Crippen LogP contribution in [0.5, 0.6) is 11.6 Å². The van der Waals surface area contributed by atoms with Gasteiger partial charge in [0.15, 0.2) is 5.88 Å². The van der Waals surface area contributed by atoms with Crippen molar-refractivity contribution in [3.8, 4) is 11.6 Å². The Balaban J connectivity index is 1.35. The molecule has 2 aromatic rings. The van der Waals surface area contributed by atoms with E-state index in [1.807, 2.05) is 24.3 Å². The summed E-state index contributed by atoms with van der Waals surface area (Å²) in [6.07, 6.45) is 5.59. The molecular weight excluding hydrogens is 380 g/mol. The molecule has 0 spiro atoms. The molecule has 7 nitrogen and oxygen atoms in total. The number of ether oxygens (including phenoxy) is 2. The zero-order valence-corrected chi connectivity index (χ0v) is 18.2. The fourth-order valence-electron chi connectivity index (χ4n) is 3.09. The Morgan fingerprint density at radius 3 is 2.73 bits per heavy atom. The van der Waals surface area contributed by atoms with Crippen LogP contribution in [-0.2, 0) is 0 Å². The molecule has 4 N–H and O–H groups in total. The van der Waals surface area contributed by atoms with E-state index in [9.17, 15) is 4.79 Å². The van der Waals surface area contributed by atoms with Gasteiger partial charge in [-0.15, -0.1) is 0 Å². The highest BCUT2D eigenvalue weighted by atomic mass is 16.5. The molecule has 1 heterocycles. The van der Waals surface area contributed by atoms with Gasteiger partial charge in [-0.05, 0) is 70.1 Å². The van der Waals surface area contributed by atoms with Crippen molar-refractivity contribution in [1.29, 1.82) is 0 Å². The van der Waals surface area contributed by atoms with E-state index in [1.165, 1.54) is 20.0 Å². The topological polar surface area (TPSA) is 87.4 Å². The number of hydrogen-bond acceptors (Lipinski definition) is 6. The van der Waals surface area contributed by atoms with Crippen molar-refractivity contribution >= 4 is 11.4 Å². The first-order valence-corrected chi connectivity index (χ1v) is 10.7. The highest BCUT2D eigenvalue weighted by molar-refractivity contribution is 5.47. The first-order chi connectivity index (χ1) is 14.4. The molecule has 1 saturated carbocycles. The summed E-state index contributed by atoms with van der Waals surface area (Å²) >= 11 is 0. The lowest BCUT2D eigenvalue weighted by atomic mass is 9.98. The Morgan fingerprint density at radius 2 is 2.00 bits per heavy atom. The maximum atomic E-state index is 11.9. The lowest BCUT2D eigenvalue weighted by Gasteiger charge is -2.27. The second kappa shape index (κ2) is 10.4. The molecule has 1 aliphatic carbocycles. The largest absolute Gasteiger partial charge is 0.493 e. The van der Waals surface area contributed by atoms with Crippen LogP contribution in [-0.4, -0.2) is 30.8 Å². The van der Waals surface area contributed by atoms with Gasteiger partial charge in [0.2, 0.25) is 0 Å². The van der Waals surface area contributed by atoms with Gasteiger partial charge in [-0.25, -0.2) is 5.43 Å². The van der Waals surface area contributed by atoms with Crippen molar-refractivity contribution in [2.75, 3.05) is 31.0 Å². The molecular formula is C23H34N4O3. The summed E-state index contributed by atoms with van der Waals surface area (Å²) in [5, 5.41) is 3.19. The molecule has 1 aromatic heterocycles. The third kappa shape index (κ3) is 7.30. The minimum atomic E-state index is -0.163. The van der Waals surface area contributed by atoms with Gasteiger partial charge in [-0.3, -0.25) is 9.78 Å². The molecule has 0 amide bonds. The number of aromatic nitrogens is 1. The summed E-state index contributed by atoms with van der Waals surface area (Å²) < 4.78 is 10.9. The molecule has 164 valence electrons. The lowest BCUT2D eigenvalue weighted by Crippen LogP contribution is -2.43.